The van der Waals surface area contributed by atoms with Crippen LogP contribution in [0.3, 0.4) is 0 Å². The zero-order valence-electron chi connectivity index (χ0n) is 16.3. The molecule has 6 heteroatoms. The monoisotopic (exact) mass is 361 g/mol. The molecule has 0 bridgehead atoms. The minimum atomic E-state index is -0.796. The van der Waals surface area contributed by atoms with Gasteiger partial charge in [0.05, 0.1) is 12.6 Å². The largest absolute Gasteiger partial charge is 0.480 e. The van der Waals surface area contributed by atoms with Crippen molar-refractivity contribution in [3.8, 4) is 0 Å². The van der Waals surface area contributed by atoms with Crippen LogP contribution in [0.5, 0.6) is 0 Å². The Balaban J connectivity index is 1.96. The van der Waals surface area contributed by atoms with Crippen molar-refractivity contribution < 1.29 is 14.7 Å². The zero-order valence-corrected chi connectivity index (χ0v) is 16.3. The maximum absolute atomic E-state index is 12.7. The van der Waals surface area contributed by atoms with Crippen LogP contribution in [0.15, 0.2) is 18.2 Å². The van der Waals surface area contributed by atoms with Gasteiger partial charge in [0.25, 0.3) is 0 Å². The number of carbonyl (C=O) groups excluding carboxylic acids is 1. The van der Waals surface area contributed by atoms with Gasteiger partial charge < -0.3 is 10.4 Å². The topological polar surface area (TPSA) is 72.9 Å². The van der Waals surface area contributed by atoms with E-state index in [-0.39, 0.29) is 24.5 Å². The first-order valence-electron chi connectivity index (χ1n) is 9.32. The third kappa shape index (κ3) is 5.29. The lowest BCUT2D eigenvalue weighted by Gasteiger charge is -2.28. The second kappa shape index (κ2) is 9.14. The smallest absolute Gasteiger partial charge is 0.317 e. The summed E-state index contributed by atoms with van der Waals surface area (Å²) in [5, 5.41) is 12.1. The zero-order chi connectivity index (χ0) is 19.3. The third-order valence-electron chi connectivity index (χ3n) is 5.40. The molecule has 0 saturated carbocycles. The first-order chi connectivity index (χ1) is 12.3. The predicted octanol–water partition coefficient (Wildman–Crippen LogP) is 2.50. The fraction of sp³-hybridized carbons (Fsp3) is 0.600. The van der Waals surface area contributed by atoms with Crippen LogP contribution in [0.1, 0.15) is 37.3 Å². The summed E-state index contributed by atoms with van der Waals surface area (Å²) in [7, 11) is 1.87. The number of carboxylic acids is 1. The lowest BCUT2D eigenvalue weighted by molar-refractivity contribution is -0.138. The van der Waals surface area contributed by atoms with E-state index in [1.54, 1.807) is 0 Å². The molecule has 1 aliphatic heterocycles. The molecule has 144 valence electrons. The van der Waals surface area contributed by atoms with E-state index < -0.39 is 5.97 Å². The first-order valence-corrected chi connectivity index (χ1v) is 9.32. The number of para-hydroxylation sites is 1. The molecule has 2 rings (SSSR count). The molecule has 2 atom stereocenters. The molecule has 1 amide bonds. The number of likely N-dealkylation sites (tertiary alicyclic amines) is 1. The lowest BCUT2D eigenvalue weighted by Crippen LogP contribution is -2.43. The molecule has 0 aliphatic carbocycles. The molecule has 1 aromatic rings. The first kappa shape index (κ1) is 20.4. The second-order valence-electron chi connectivity index (χ2n) is 7.36. The van der Waals surface area contributed by atoms with Crippen molar-refractivity contribution in [3.05, 3.63) is 29.3 Å². The summed E-state index contributed by atoms with van der Waals surface area (Å²) in [5.74, 6) is -0.783. The van der Waals surface area contributed by atoms with E-state index in [1.165, 1.54) is 0 Å². The number of carbonyl (C=O) groups is 2. The van der Waals surface area contributed by atoms with Crippen molar-refractivity contribution >= 4 is 17.6 Å². The Labute approximate surface area is 156 Å². The van der Waals surface area contributed by atoms with Crippen LogP contribution in [-0.2, 0) is 9.59 Å². The van der Waals surface area contributed by atoms with Crippen LogP contribution >= 0.6 is 0 Å². The Bertz CT molecular complexity index is 627. The Morgan fingerprint density at radius 1 is 1.27 bits per heavy atom. The van der Waals surface area contributed by atoms with Crippen LogP contribution < -0.4 is 5.32 Å². The van der Waals surface area contributed by atoms with E-state index in [9.17, 15) is 9.59 Å². The quantitative estimate of drug-likeness (QED) is 0.814. The van der Waals surface area contributed by atoms with Gasteiger partial charge in [-0.05, 0) is 64.8 Å². The Hall–Kier alpha value is -1.92. The standard InChI is InChI=1S/C20H31N3O3/c1-14-7-5-8-15(2)19(14)21-20(26)16(3)23-11-6-9-17(10-12-23)22(4)13-18(24)25/h5,7-8,16-17H,6,9-13H2,1-4H3,(H,21,26)(H,24,25). The molecule has 26 heavy (non-hydrogen) atoms. The molecule has 0 aromatic heterocycles. The van der Waals surface area contributed by atoms with Gasteiger partial charge in [0.15, 0.2) is 0 Å². The van der Waals surface area contributed by atoms with Crippen LogP contribution in [0.4, 0.5) is 5.69 Å². The number of nitrogens with one attached hydrogen (secondary N) is 1. The highest BCUT2D eigenvalue weighted by Crippen LogP contribution is 2.21. The molecule has 0 spiro atoms. The number of benzene rings is 1. The number of rotatable bonds is 6. The summed E-state index contributed by atoms with van der Waals surface area (Å²) in [4.78, 5) is 27.8. The van der Waals surface area contributed by atoms with Crippen molar-refractivity contribution in [1.82, 2.24) is 9.80 Å². The van der Waals surface area contributed by atoms with Crippen molar-refractivity contribution in [2.45, 2.75) is 52.1 Å². The van der Waals surface area contributed by atoms with Gasteiger partial charge in [-0.2, -0.15) is 0 Å². The second-order valence-corrected chi connectivity index (χ2v) is 7.36. The fourth-order valence-electron chi connectivity index (χ4n) is 3.68. The number of hydrogen-bond acceptors (Lipinski definition) is 4. The van der Waals surface area contributed by atoms with E-state index in [1.807, 2.05) is 50.9 Å². The molecule has 0 radical (unpaired) electrons. The van der Waals surface area contributed by atoms with Gasteiger partial charge in [-0.15, -0.1) is 0 Å². The Kier molecular flexibility index (Phi) is 7.17. The minimum absolute atomic E-state index is 0.0136. The molecule has 1 aliphatic rings. The third-order valence-corrected chi connectivity index (χ3v) is 5.40. The molecular formula is C20H31N3O3. The minimum Gasteiger partial charge on any atom is -0.480 e. The maximum atomic E-state index is 12.7. The van der Waals surface area contributed by atoms with Gasteiger partial charge >= 0.3 is 5.97 Å². The predicted molar refractivity (Wildman–Crippen MR) is 103 cm³/mol. The highest BCUT2D eigenvalue weighted by Gasteiger charge is 2.27. The number of amides is 1. The normalized spacial score (nSPS) is 19.8. The van der Waals surface area contributed by atoms with Gasteiger partial charge in [-0.3, -0.25) is 19.4 Å². The molecule has 1 fully saturated rings. The van der Waals surface area contributed by atoms with Gasteiger partial charge in [0.1, 0.15) is 0 Å². The van der Waals surface area contributed by atoms with E-state index in [0.717, 1.165) is 49.2 Å². The average molecular weight is 361 g/mol. The van der Waals surface area contributed by atoms with Gasteiger partial charge in [-0.25, -0.2) is 0 Å². The van der Waals surface area contributed by atoms with Crippen molar-refractivity contribution in [3.63, 3.8) is 0 Å². The Morgan fingerprint density at radius 2 is 1.92 bits per heavy atom. The van der Waals surface area contributed by atoms with Crippen molar-refractivity contribution in [2.24, 2.45) is 0 Å². The lowest BCUT2D eigenvalue weighted by atomic mass is 10.1. The number of likely N-dealkylation sites (N-methyl/N-ethyl adjacent to an activating group) is 1. The molecule has 1 aromatic carbocycles. The molecule has 2 unspecified atom stereocenters. The van der Waals surface area contributed by atoms with E-state index in [2.05, 4.69) is 10.2 Å². The van der Waals surface area contributed by atoms with E-state index >= 15 is 0 Å². The summed E-state index contributed by atoms with van der Waals surface area (Å²) >= 11 is 0. The number of anilines is 1. The molecule has 1 saturated heterocycles. The van der Waals surface area contributed by atoms with E-state index in [4.69, 9.17) is 5.11 Å². The van der Waals surface area contributed by atoms with Crippen molar-refractivity contribution in [2.75, 3.05) is 32.0 Å². The highest BCUT2D eigenvalue weighted by molar-refractivity contribution is 5.95. The number of aliphatic carboxylic acids is 1. The van der Waals surface area contributed by atoms with E-state index in [0.29, 0.717) is 0 Å². The fourth-order valence-corrected chi connectivity index (χ4v) is 3.68. The summed E-state index contributed by atoms with van der Waals surface area (Å²) in [6, 6.07) is 6.04. The van der Waals surface area contributed by atoms with Gasteiger partial charge in [0.2, 0.25) is 5.91 Å². The van der Waals surface area contributed by atoms with Crippen molar-refractivity contribution in [1.29, 1.82) is 0 Å². The van der Waals surface area contributed by atoms with Gasteiger partial charge in [0, 0.05) is 18.3 Å². The Morgan fingerprint density at radius 3 is 2.54 bits per heavy atom. The van der Waals surface area contributed by atoms with Crippen LogP contribution in [0.25, 0.3) is 0 Å². The molecule has 6 nitrogen and oxygen atoms in total. The van der Waals surface area contributed by atoms with Crippen LogP contribution in [-0.4, -0.2) is 65.5 Å². The summed E-state index contributed by atoms with van der Waals surface area (Å²) in [5.41, 5.74) is 3.03. The summed E-state index contributed by atoms with van der Waals surface area (Å²) in [6.07, 6.45) is 2.81. The average Bonchev–Trinajstić information content (AvgIpc) is 2.83. The number of carboxylic acid groups (broad SMARTS) is 1. The maximum Gasteiger partial charge on any atom is 0.317 e. The van der Waals surface area contributed by atoms with Crippen LogP contribution in [0.2, 0.25) is 0 Å². The van der Waals surface area contributed by atoms with Gasteiger partial charge in [-0.1, -0.05) is 18.2 Å². The number of hydrogen-bond donors (Lipinski definition) is 2. The highest BCUT2D eigenvalue weighted by atomic mass is 16.4. The molecule has 2 N–H and O–H groups in total. The molecule has 1 heterocycles. The van der Waals surface area contributed by atoms with Crippen LogP contribution in [0, 0.1) is 13.8 Å². The summed E-state index contributed by atoms with van der Waals surface area (Å²) < 4.78 is 0. The molecular weight excluding hydrogens is 330 g/mol. The summed E-state index contributed by atoms with van der Waals surface area (Å²) in [6.45, 7) is 7.68. The SMILES string of the molecule is Cc1cccc(C)c1NC(=O)C(C)N1CCCC(N(C)CC(=O)O)CC1. The number of nitrogens with zero attached hydrogens (tertiary/aromatic N) is 2. The number of aryl methyl sites for hydroxylation is 2.